The van der Waals surface area contributed by atoms with Crippen molar-refractivity contribution in [3.63, 3.8) is 0 Å². The number of likely N-dealkylation sites (N-methyl/N-ethyl adjacent to an activating group) is 1. The van der Waals surface area contributed by atoms with Gasteiger partial charge in [0.1, 0.15) is 11.6 Å². The second-order valence-corrected chi connectivity index (χ2v) is 6.56. The van der Waals surface area contributed by atoms with E-state index in [2.05, 4.69) is 0 Å². The average Bonchev–Trinajstić information content (AvgIpc) is 2.71. The summed E-state index contributed by atoms with van der Waals surface area (Å²) in [5, 5.41) is 10.9. The van der Waals surface area contributed by atoms with E-state index < -0.39 is 34.6 Å². The van der Waals surface area contributed by atoms with Crippen molar-refractivity contribution in [3.05, 3.63) is 81.0 Å². The van der Waals surface area contributed by atoms with Gasteiger partial charge >= 0.3 is 12.0 Å². The number of allylic oxidation sites excluding steroid dienone is 1. The number of non-ortho nitro benzene ring substituents is 1. The summed E-state index contributed by atoms with van der Waals surface area (Å²) in [4.78, 5) is 38.3. The van der Waals surface area contributed by atoms with Gasteiger partial charge in [-0.3, -0.25) is 15.0 Å². The number of amides is 2. The van der Waals surface area contributed by atoms with Gasteiger partial charge in [-0.1, -0.05) is 6.07 Å². The minimum Gasteiger partial charge on any atom is -0.466 e. The van der Waals surface area contributed by atoms with Gasteiger partial charge in [-0.2, -0.15) is 0 Å². The molecule has 1 aliphatic rings. The molecule has 0 unspecified atom stereocenters. The maximum atomic E-state index is 14.5. The van der Waals surface area contributed by atoms with Crippen molar-refractivity contribution in [2.45, 2.75) is 13.0 Å². The van der Waals surface area contributed by atoms with Gasteiger partial charge in [-0.05, 0) is 25.1 Å². The number of methoxy groups -OCH3 is 1. The first kappa shape index (κ1) is 20.9. The Morgan fingerprint density at radius 2 is 1.80 bits per heavy atom. The topological polar surface area (TPSA) is 93.0 Å². The van der Waals surface area contributed by atoms with Gasteiger partial charge in [0, 0.05) is 36.5 Å². The standard InChI is InChI=1S/C20H17F2N3O5/c1-11-17(19(26)30-3)18(15-9-4-12(21)10-16(15)22)23(2)20(27)24(11)13-5-7-14(8-6-13)25(28)29/h4-10,18H,1-3H3/t18-/m0/s1. The Balaban J connectivity index is 2.19. The number of rotatable bonds is 4. The van der Waals surface area contributed by atoms with Crippen molar-refractivity contribution < 1.29 is 28.0 Å². The molecule has 0 aromatic heterocycles. The molecule has 2 aromatic carbocycles. The highest BCUT2D eigenvalue weighted by Gasteiger charge is 2.42. The minimum atomic E-state index is -1.15. The summed E-state index contributed by atoms with van der Waals surface area (Å²) >= 11 is 0. The molecule has 0 saturated carbocycles. The number of esters is 1. The number of ether oxygens (including phenoxy) is 1. The predicted molar refractivity (Wildman–Crippen MR) is 103 cm³/mol. The van der Waals surface area contributed by atoms with Crippen LogP contribution in [-0.4, -0.2) is 36.0 Å². The van der Waals surface area contributed by atoms with Gasteiger partial charge in [0.05, 0.1) is 29.3 Å². The third-order valence-corrected chi connectivity index (χ3v) is 4.86. The Labute approximate surface area is 170 Å². The van der Waals surface area contributed by atoms with Crippen LogP contribution >= 0.6 is 0 Å². The van der Waals surface area contributed by atoms with E-state index in [9.17, 15) is 28.5 Å². The van der Waals surface area contributed by atoms with Gasteiger partial charge in [0.25, 0.3) is 5.69 Å². The SMILES string of the molecule is COC(=O)C1=C(C)N(c2ccc([N+](=O)[O-])cc2)C(=O)N(C)[C@H]1c1ccc(F)cc1F. The molecule has 0 N–H and O–H groups in total. The van der Waals surface area contributed by atoms with Crippen LogP contribution in [0.15, 0.2) is 53.7 Å². The number of benzene rings is 2. The average molecular weight is 417 g/mol. The summed E-state index contributed by atoms with van der Waals surface area (Å²) < 4.78 is 32.7. The number of nitro groups is 1. The molecule has 0 aliphatic carbocycles. The second-order valence-electron chi connectivity index (χ2n) is 6.56. The van der Waals surface area contributed by atoms with E-state index >= 15 is 0 Å². The van der Waals surface area contributed by atoms with Crippen molar-refractivity contribution in [2.75, 3.05) is 19.1 Å². The predicted octanol–water partition coefficient (Wildman–Crippen LogP) is 3.93. The lowest BCUT2D eigenvalue weighted by molar-refractivity contribution is -0.384. The number of carbonyl (C=O) groups is 2. The molecule has 8 nitrogen and oxygen atoms in total. The fourth-order valence-electron chi connectivity index (χ4n) is 3.41. The number of anilines is 1. The van der Waals surface area contributed by atoms with E-state index in [1.807, 2.05) is 0 Å². The summed E-state index contributed by atoms with van der Waals surface area (Å²) in [5.41, 5.74) is 0.165. The van der Waals surface area contributed by atoms with Crippen molar-refractivity contribution in [1.29, 1.82) is 0 Å². The number of nitro benzene ring substituents is 1. The fraction of sp³-hybridized carbons (Fsp3) is 0.200. The van der Waals surface area contributed by atoms with Crippen LogP contribution < -0.4 is 4.90 Å². The minimum absolute atomic E-state index is 0.0246. The largest absolute Gasteiger partial charge is 0.466 e. The van der Waals surface area contributed by atoms with Crippen molar-refractivity contribution in [1.82, 2.24) is 4.90 Å². The number of halogens is 2. The maximum absolute atomic E-state index is 14.5. The smallest absolute Gasteiger partial charge is 0.338 e. The first-order valence-electron chi connectivity index (χ1n) is 8.72. The summed E-state index contributed by atoms with van der Waals surface area (Å²) in [6.45, 7) is 1.48. The maximum Gasteiger partial charge on any atom is 0.338 e. The van der Waals surface area contributed by atoms with Crippen LogP contribution in [0.1, 0.15) is 18.5 Å². The van der Waals surface area contributed by atoms with Crippen molar-refractivity contribution >= 4 is 23.4 Å². The van der Waals surface area contributed by atoms with Crippen LogP contribution in [0.25, 0.3) is 0 Å². The quantitative estimate of drug-likeness (QED) is 0.427. The third kappa shape index (κ3) is 3.47. The molecule has 0 spiro atoms. The van der Waals surface area contributed by atoms with E-state index in [1.165, 1.54) is 43.1 Å². The molecule has 2 aromatic rings. The number of hydrogen-bond donors (Lipinski definition) is 0. The van der Waals surface area contributed by atoms with Crippen molar-refractivity contribution in [2.24, 2.45) is 0 Å². The highest BCUT2D eigenvalue weighted by molar-refractivity contribution is 6.03. The number of urea groups is 1. The Morgan fingerprint density at radius 3 is 2.33 bits per heavy atom. The first-order chi connectivity index (χ1) is 14.2. The molecule has 0 radical (unpaired) electrons. The van der Waals surface area contributed by atoms with Crippen molar-refractivity contribution in [3.8, 4) is 0 Å². The Hall–Kier alpha value is -3.82. The fourth-order valence-corrected chi connectivity index (χ4v) is 3.41. The van der Waals surface area contributed by atoms with E-state index in [1.54, 1.807) is 0 Å². The molecule has 0 bridgehead atoms. The van der Waals surface area contributed by atoms with E-state index in [4.69, 9.17) is 4.74 Å². The number of hydrogen-bond acceptors (Lipinski definition) is 5. The summed E-state index contributed by atoms with van der Waals surface area (Å²) in [5.74, 6) is -2.51. The zero-order valence-corrected chi connectivity index (χ0v) is 16.3. The Kier molecular flexibility index (Phi) is 5.50. The van der Waals surface area contributed by atoms with Gasteiger partial charge in [-0.15, -0.1) is 0 Å². The Bertz CT molecular complexity index is 1070. The molecule has 10 heteroatoms. The van der Waals surface area contributed by atoms with Gasteiger partial charge < -0.3 is 9.64 Å². The number of carbonyl (C=O) groups excluding carboxylic acids is 2. The summed E-state index contributed by atoms with van der Waals surface area (Å²) in [7, 11) is 2.51. The van der Waals surface area contributed by atoms with Gasteiger partial charge in [-0.25, -0.2) is 18.4 Å². The molecule has 3 rings (SSSR count). The first-order valence-corrected chi connectivity index (χ1v) is 8.72. The van der Waals surface area contributed by atoms with Crippen LogP contribution in [0, 0.1) is 21.7 Å². The van der Waals surface area contributed by atoms with Crippen LogP contribution in [0.4, 0.5) is 25.0 Å². The molecule has 0 saturated heterocycles. The molecule has 1 aliphatic heterocycles. The lowest BCUT2D eigenvalue weighted by Gasteiger charge is -2.40. The normalized spacial score (nSPS) is 16.7. The summed E-state index contributed by atoms with van der Waals surface area (Å²) in [6.07, 6.45) is 0. The van der Waals surface area contributed by atoms with E-state index in [-0.39, 0.29) is 28.2 Å². The molecule has 0 fully saturated rings. The molecule has 2 amide bonds. The lowest BCUT2D eigenvalue weighted by Crippen LogP contribution is -2.49. The number of nitrogens with zero attached hydrogens (tertiary/aromatic N) is 3. The van der Waals surface area contributed by atoms with Crippen LogP contribution in [0.3, 0.4) is 0 Å². The highest BCUT2D eigenvalue weighted by atomic mass is 19.1. The monoisotopic (exact) mass is 417 g/mol. The zero-order chi connectivity index (χ0) is 22.2. The zero-order valence-electron chi connectivity index (χ0n) is 16.3. The molecular formula is C20H17F2N3O5. The van der Waals surface area contributed by atoms with E-state index in [0.29, 0.717) is 6.07 Å². The van der Waals surface area contributed by atoms with Crippen LogP contribution in [0.5, 0.6) is 0 Å². The lowest BCUT2D eigenvalue weighted by atomic mass is 9.93. The highest BCUT2D eigenvalue weighted by Crippen LogP contribution is 2.40. The molecular weight excluding hydrogens is 400 g/mol. The molecule has 30 heavy (non-hydrogen) atoms. The molecule has 1 heterocycles. The Morgan fingerprint density at radius 1 is 1.17 bits per heavy atom. The van der Waals surface area contributed by atoms with Gasteiger partial charge in [0.15, 0.2) is 0 Å². The van der Waals surface area contributed by atoms with Gasteiger partial charge in [0.2, 0.25) is 0 Å². The molecule has 1 atom stereocenters. The molecule has 156 valence electrons. The van der Waals surface area contributed by atoms with Crippen LogP contribution in [-0.2, 0) is 9.53 Å². The van der Waals surface area contributed by atoms with Crippen LogP contribution in [0.2, 0.25) is 0 Å². The second kappa shape index (κ2) is 7.90. The summed E-state index contributed by atoms with van der Waals surface area (Å²) in [6, 6.07) is 6.27. The van der Waals surface area contributed by atoms with E-state index in [0.717, 1.165) is 24.1 Å². The third-order valence-electron chi connectivity index (χ3n) is 4.86.